The predicted octanol–water partition coefficient (Wildman–Crippen LogP) is -0.718. The van der Waals surface area contributed by atoms with Crippen molar-refractivity contribution in [3.05, 3.63) is 0 Å². The van der Waals surface area contributed by atoms with Gasteiger partial charge in [-0.1, -0.05) is 0 Å². The first kappa shape index (κ1) is 9.24. The van der Waals surface area contributed by atoms with Gasteiger partial charge in [0.05, 0.1) is 0 Å². The Balaban J connectivity index is 0. The average Bonchev–Trinajstić information content (AvgIpc) is 1.38. The van der Waals surface area contributed by atoms with Crippen molar-refractivity contribution in [3.8, 4) is 0 Å². The van der Waals surface area contributed by atoms with Crippen LogP contribution in [0.2, 0.25) is 0 Å². The van der Waals surface area contributed by atoms with E-state index in [-0.39, 0.29) is 16.8 Å². The molecule has 0 aliphatic heterocycles. The molecule has 0 bridgehead atoms. The van der Waals surface area contributed by atoms with Crippen molar-refractivity contribution in [2.45, 2.75) is 0 Å². The van der Waals surface area contributed by atoms with Gasteiger partial charge in [-0.25, -0.2) is 4.79 Å². The largest absolute Gasteiger partial charge is 0.352 e. The molecule has 0 aromatic rings. The fraction of sp³-hybridized carbons (Fsp3) is 0.500. The van der Waals surface area contributed by atoms with Gasteiger partial charge < -0.3 is 11.1 Å². The van der Waals surface area contributed by atoms with Gasteiger partial charge in [0.15, 0.2) is 0 Å². The SMILES string of the molecule is CNC(N)=O.[Co]. The van der Waals surface area contributed by atoms with Gasteiger partial charge in [0.1, 0.15) is 0 Å². The van der Waals surface area contributed by atoms with Crippen molar-refractivity contribution in [3.63, 3.8) is 0 Å². The smallest absolute Gasteiger partial charge is 0.311 e. The van der Waals surface area contributed by atoms with Crippen LogP contribution in [0.3, 0.4) is 0 Å². The first-order valence-electron chi connectivity index (χ1n) is 1.24. The van der Waals surface area contributed by atoms with Crippen molar-refractivity contribution >= 4 is 6.03 Å². The number of amides is 2. The Bertz CT molecular complexity index is 46.8. The third kappa shape index (κ3) is 9.22. The van der Waals surface area contributed by atoms with Crippen LogP contribution in [0.4, 0.5) is 4.79 Å². The van der Waals surface area contributed by atoms with Crippen LogP contribution in [0.1, 0.15) is 0 Å². The van der Waals surface area contributed by atoms with E-state index >= 15 is 0 Å². The molecule has 0 rings (SSSR count). The zero-order valence-electron chi connectivity index (χ0n) is 3.32. The maximum Gasteiger partial charge on any atom is 0.311 e. The van der Waals surface area contributed by atoms with Gasteiger partial charge in [-0.15, -0.1) is 0 Å². The zero-order chi connectivity index (χ0) is 4.28. The van der Waals surface area contributed by atoms with Crippen LogP contribution in [0.25, 0.3) is 0 Å². The van der Waals surface area contributed by atoms with E-state index < -0.39 is 6.03 Å². The number of primary amides is 1. The van der Waals surface area contributed by atoms with Crippen LogP contribution in [0, 0.1) is 0 Å². The summed E-state index contributed by atoms with van der Waals surface area (Å²) in [4.78, 5) is 9.48. The molecule has 0 unspecified atom stereocenters. The van der Waals surface area contributed by atoms with Crippen LogP contribution in [-0.4, -0.2) is 13.1 Å². The molecule has 3 nitrogen and oxygen atoms in total. The molecule has 3 N–H and O–H groups in total. The number of carbonyl (C=O) groups is 1. The molecule has 0 aliphatic carbocycles. The summed E-state index contributed by atoms with van der Waals surface area (Å²) in [5.41, 5.74) is 4.54. The van der Waals surface area contributed by atoms with Crippen LogP contribution >= 0.6 is 0 Å². The van der Waals surface area contributed by atoms with Crippen LogP contribution in [0.15, 0.2) is 0 Å². The second kappa shape index (κ2) is 4.78. The van der Waals surface area contributed by atoms with Gasteiger partial charge in [0, 0.05) is 23.8 Å². The monoisotopic (exact) mass is 133 g/mol. The molecule has 0 heterocycles. The molecule has 0 spiro atoms. The van der Waals surface area contributed by atoms with E-state index in [4.69, 9.17) is 0 Å². The Hall–Kier alpha value is -0.224. The Morgan fingerprint density at radius 3 is 2.00 bits per heavy atom. The van der Waals surface area contributed by atoms with Crippen LogP contribution in [-0.2, 0) is 16.8 Å². The normalized spacial score (nSPS) is 5.50. The molecule has 2 amide bonds. The van der Waals surface area contributed by atoms with Gasteiger partial charge in [0.25, 0.3) is 0 Å². The van der Waals surface area contributed by atoms with Crippen LogP contribution in [0.5, 0.6) is 0 Å². The Kier molecular flexibility index (Phi) is 7.36. The first-order valence-corrected chi connectivity index (χ1v) is 1.24. The summed E-state index contributed by atoms with van der Waals surface area (Å²) in [5, 5.41) is 2.17. The molecule has 0 aromatic heterocycles. The minimum atomic E-state index is -0.495. The summed E-state index contributed by atoms with van der Waals surface area (Å²) in [6.07, 6.45) is 0. The summed E-state index contributed by atoms with van der Waals surface area (Å²) >= 11 is 0. The van der Waals surface area contributed by atoms with Crippen LogP contribution < -0.4 is 11.1 Å². The molecule has 0 saturated heterocycles. The predicted molar refractivity (Wildman–Crippen MR) is 18.6 cm³/mol. The number of rotatable bonds is 0. The Morgan fingerprint density at radius 1 is 1.83 bits per heavy atom. The van der Waals surface area contributed by atoms with E-state index in [1.165, 1.54) is 7.05 Å². The topological polar surface area (TPSA) is 55.1 Å². The Morgan fingerprint density at radius 2 is 2.00 bits per heavy atom. The summed E-state index contributed by atoms with van der Waals surface area (Å²) in [6.45, 7) is 0. The molecule has 6 heavy (non-hydrogen) atoms. The Labute approximate surface area is 46.5 Å². The molecule has 0 atom stereocenters. The standard InChI is InChI=1S/C2H6N2O.Co/c1-4-2(3)5;/h1H3,(H3,3,4,5);. The van der Waals surface area contributed by atoms with Gasteiger partial charge in [-0.05, 0) is 0 Å². The maximum atomic E-state index is 9.48. The fourth-order valence-electron chi connectivity index (χ4n) is 0. The number of nitrogens with two attached hydrogens (primary N) is 1. The maximum absolute atomic E-state index is 9.48. The minimum Gasteiger partial charge on any atom is -0.352 e. The number of hydrogen-bond donors (Lipinski definition) is 2. The molecule has 0 fully saturated rings. The quantitative estimate of drug-likeness (QED) is 0.450. The van der Waals surface area contributed by atoms with Gasteiger partial charge in [-0.3, -0.25) is 0 Å². The number of urea groups is 1. The third-order valence-corrected chi connectivity index (χ3v) is 0.246. The summed E-state index contributed by atoms with van der Waals surface area (Å²) in [7, 11) is 1.47. The van der Waals surface area contributed by atoms with Crippen molar-refractivity contribution in [1.29, 1.82) is 0 Å². The first-order chi connectivity index (χ1) is 2.27. The van der Waals surface area contributed by atoms with Crippen molar-refractivity contribution in [2.75, 3.05) is 7.05 Å². The van der Waals surface area contributed by atoms with Crippen molar-refractivity contribution in [2.24, 2.45) is 5.73 Å². The van der Waals surface area contributed by atoms with E-state index in [9.17, 15) is 4.79 Å². The third-order valence-electron chi connectivity index (χ3n) is 0.246. The zero-order valence-corrected chi connectivity index (χ0v) is 4.36. The van der Waals surface area contributed by atoms with E-state index in [0.29, 0.717) is 0 Å². The molecule has 0 saturated carbocycles. The van der Waals surface area contributed by atoms with Gasteiger partial charge in [0.2, 0.25) is 0 Å². The molecule has 39 valence electrons. The average molecular weight is 133 g/mol. The molecule has 0 aromatic carbocycles. The summed E-state index contributed by atoms with van der Waals surface area (Å²) in [6, 6.07) is -0.495. The number of hydrogen-bond acceptors (Lipinski definition) is 1. The number of nitrogens with one attached hydrogen (secondary N) is 1. The molecular formula is C2H6CoN2O. The van der Waals surface area contributed by atoms with E-state index in [1.54, 1.807) is 0 Å². The number of carbonyl (C=O) groups excluding carboxylic acids is 1. The van der Waals surface area contributed by atoms with Gasteiger partial charge >= 0.3 is 6.03 Å². The molecule has 4 heteroatoms. The summed E-state index contributed by atoms with van der Waals surface area (Å²) < 4.78 is 0. The fourth-order valence-corrected chi connectivity index (χ4v) is 0. The van der Waals surface area contributed by atoms with E-state index in [0.717, 1.165) is 0 Å². The second-order valence-electron chi connectivity index (χ2n) is 0.614. The van der Waals surface area contributed by atoms with Gasteiger partial charge in [-0.2, -0.15) is 0 Å². The summed E-state index contributed by atoms with van der Waals surface area (Å²) in [5.74, 6) is 0. The van der Waals surface area contributed by atoms with E-state index in [1.807, 2.05) is 0 Å². The second-order valence-corrected chi connectivity index (χ2v) is 0.614. The van der Waals surface area contributed by atoms with Crippen molar-refractivity contribution < 1.29 is 21.6 Å². The molecule has 0 aliphatic rings. The molecular weight excluding hydrogens is 127 g/mol. The van der Waals surface area contributed by atoms with E-state index in [2.05, 4.69) is 11.1 Å². The molecule has 1 radical (unpaired) electrons. The minimum absolute atomic E-state index is 0. The van der Waals surface area contributed by atoms with Crippen molar-refractivity contribution in [1.82, 2.24) is 5.32 Å².